The Hall–Kier alpha value is -0.780. The fraction of sp³-hybridized carbons (Fsp3) is 0.143. The fourth-order valence-corrected chi connectivity index (χ4v) is 2.18. The molecule has 3 nitrogen and oxygen atoms in total. The van der Waals surface area contributed by atoms with E-state index in [9.17, 15) is 0 Å². The maximum Gasteiger partial charge on any atom is 0.159 e. The van der Waals surface area contributed by atoms with Gasteiger partial charge in [-0.2, -0.15) is 0 Å². The van der Waals surface area contributed by atoms with Crippen LogP contribution in [0.4, 0.5) is 0 Å². The van der Waals surface area contributed by atoms with Crippen LogP contribution in [0.25, 0.3) is 10.2 Å². The Morgan fingerprint density at radius 1 is 1.67 bits per heavy atom. The van der Waals surface area contributed by atoms with E-state index >= 15 is 0 Å². The lowest BCUT2D eigenvalue weighted by Gasteiger charge is -1.94. The first-order valence-corrected chi connectivity index (χ1v) is 4.61. The van der Waals surface area contributed by atoms with Gasteiger partial charge in [0.05, 0.1) is 22.5 Å². The molecule has 12 heavy (non-hydrogen) atoms. The minimum absolute atomic E-state index is 0.0562. The van der Waals surface area contributed by atoms with Gasteiger partial charge in [0.2, 0.25) is 0 Å². The van der Waals surface area contributed by atoms with E-state index in [-0.39, 0.29) is 6.61 Å². The zero-order chi connectivity index (χ0) is 8.55. The Morgan fingerprint density at radius 2 is 2.50 bits per heavy atom. The molecule has 0 fully saturated rings. The van der Waals surface area contributed by atoms with Crippen LogP contribution in [0.5, 0.6) is 0 Å². The van der Waals surface area contributed by atoms with E-state index < -0.39 is 0 Å². The zero-order valence-electron chi connectivity index (χ0n) is 6.07. The van der Waals surface area contributed by atoms with E-state index in [2.05, 4.69) is 9.97 Å². The van der Waals surface area contributed by atoms with Gasteiger partial charge >= 0.3 is 0 Å². The highest BCUT2D eigenvalue weighted by molar-refractivity contribution is 7.73. The van der Waals surface area contributed by atoms with Gasteiger partial charge in [-0.3, -0.25) is 4.98 Å². The molecule has 0 aliphatic heterocycles. The molecular formula is C7H6N2OS2. The van der Waals surface area contributed by atoms with Crippen molar-refractivity contribution < 1.29 is 5.11 Å². The van der Waals surface area contributed by atoms with Crippen LogP contribution in [0.15, 0.2) is 12.3 Å². The molecular weight excluding hydrogens is 192 g/mol. The third-order valence-electron chi connectivity index (χ3n) is 1.57. The molecule has 0 atom stereocenters. The lowest BCUT2D eigenvalue weighted by molar-refractivity contribution is 0.278. The SMILES string of the molecule is OCc1nccc2sc(=S)[nH]c12. The van der Waals surface area contributed by atoms with Gasteiger partial charge in [0.15, 0.2) is 3.95 Å². The zero-order valence-corrected chi connectivity index (χ0v) is 7.71. The van der Waals surface area contributed by atoms with E-state index in [1.54, 1.807) is 6.20 Å². The van der Waals surface area contributed by atoms with Crippen LogP contribution in [0, 0.1) is 3.95 Å². The quantitative estimate of drug-likeness (QED) is 0.687. The van der Waals surface area contributed by atoms with Crippen LogP contribution in [0.3, 0.4) is 0 Å². The molecule has 0 spiro atoms. The maximum atomic E-state index is 8.93. The van der Waals surface area contributed by atoms with Crippen molar-refractivity contribution in [2.45, 2.75) is 6.61 Å². The Bertz CT molecular complexity index is 460. The van der Waals surface area contributed by atoms with Crippen LogP contribution < -0.4 is 0 Å². The smallest absolute Gasteiger partial charge is 0.159 e. The van der Waals surface area contributed by atoms with Crippen molar-refractivity contribution in [1.82, 2.24) is 9.97 Å². The standard InChI is InChI=1S/C7H6N2OS2/c10-3-4-6-5(1-2-8-4)12-7(11)9-6/h1-2,10H,3H2,(H,9,11). The van der Waals surface area contributed by atoms with Crippen molar-refractivity contribution in [3.63, 3.8) is 0 Å². The second-order valence-corrected chi connectivity index (χ2v) is 4.02. The number of hydrogen-bond donors (Lipinski definition) is 2. The number of aliphatic hydroxyl groups excluding tert-OH is 1. The Morgan fingerprint density at radius 3 is 3.25 bits per heavy atom. The number of thiazole rings is 1. The van der Waals surface area contributed by atoms with Crippen LogP contribution in [-0.2, 0) is 6.61 Å². The third kappa shape index (κ3) is 1.16. The minimum atomic E-state index is -0.0562. The molecule has 5 heteroatoms. The summed E-state index contributed by atoms with van der Waals surface area (Å²) in [7, 11) is 0. The molecule has 62 valence electrons. The lowest BCUT2D eigenvalue weighted by atomic mass is 10.3. The normalized spacial score (nSPS) is 10.8. The average molecular weight is 198 g/mol. The first-order valence-electron chi connectivity index (χ1n) is 3.39. The molecule has 0 saturated carbocycles. The number of nitrogens with one attached hydrogen (secondary N) is 1. The molecule has 0 amide bonds. The van der Waals surface area contributed by atoms with Crippen LogP contribution in [-0.4, -0.2) is 15.1 Å². The minimum Gasteiger partial charge on any atom is -0.390 e. The summed E-state index contributed by atoms with van der Waals surface area (Å²) in [5.41, 5.74) is 1.51. The molecule has 2 heterocycles. The van der Waals surface area contributed by atoms with Gasteiger partial charge in [-0.15, -0.1) is 11.3 Å². The van der Waals surface area contributed by atoms with Crippen molar-refractivity contribution in [2.24, 2.45) is 0 Å². The summed E-state index contributed by atoms with van der Waals surface area (Å²) < 4.78 is 1.76. The molecule has 0 aromatic carbocycles. The number of fused-ring (bicyclic) bond motifs is 1. The van der Waals surface area contributed by atoms with E-state index in [1.165, 1.54) is 11.3 Å². The Balaban J connectivity index is 2.87. The number of aromatic amines is 1. The maximum absolute atomic E-state index is 8.93. The number of hydrogen-bond acceptors (Lipinski definition) is 4. The van der Waals surface area contributed by atoms with Gasteiger partial charge in [0.25, 0.3) is 0 Å². The Kier molecular flexibility index (Phi) is 1.92. The van der Waals surface area contributed by atoms with Gasteiger partial charge in [-0.05, 0) is 18.3 Å². The topological polar surface area (TPSA) is 48.9 Å². The molecule has 2 aromatic rings. The fourth-order valence-electron chi connectivity index (χ4n) is 1.05. The van der Waals surface area contributed by atoms with E-state index in [4.69, 9.17) is 17.3 Å². The van der Waals surface area contributed by atoms with Gasteiger partial charge in [-0.1, -0.05) is 0 Å². The molecule has 0 radical (unpaired) electrons. The van der Waals surface area contributed by atoms with Crippen molar-refractivity contribution in [2.75, 3.05) is 0 Å². The van der Waals surface area contributed by atoms with Gasteiger partial charge in [-0.25, -0.2) is 0 Å². The largest absolute Gasteiger partial charge is 0.390 e. The number of aliphatic hydroxyl groups is 1. The summed E-state index contributed by atoms with van der Waals surface area (Å²) >= 11 is 6.46. The summed E-state index contributed by atoms with van der Waals surface area (Å²) in [6, 6.07) is 1.88. The number of rotatable bonds is 1. The molecule has 2 aromatic heterocycles. The van der Waals surface area contributed by atoms with Crippen LogP contribution in [0.1, 0.15) is 5.69 Å². The monoisotopic (exact) mass is 198 g/mol. The van der Waals surface area contributed by atoms with Crippen LogP contribution >= 0.6 is 23.6 Å². The van der Waals surface area contributed by atoms with E-state index in [0.29, 0.717) is 9.65 Å². The third-order valence-corrected chi connectivity index (χ3v) is 2.77. The van der Waals surface area contributed by atoms with Gasteiger partial charge < -0.3 is 10.1 Å². The van der Waals surface area contributed by atoms with Gasteiger partial charge in [0, 0.05) is 6.20 Å². The van der Waals surface area contributed by atoms with Crippen molar-refractivity contribution >= 4 is 33.8 Å². The molecule has 0 unspecified atom stereocenters. The van der Waals surface area contributed by atoms with Crippen molar-refractivity contribution in [3.05, 3.63) is 21.9 Å². The predicted molar refractivity (Wildman–Crippen MR) is 50.7 cm³/mol. The molecule has 2 rings (SSSR count). The molecule has 0 bridgehead atoms. The molecule has 0 aliphatic rings. The highest BCUT2D eigenvalue weighted by Gasteiger charge is 2.02. The number of pyridine rings is 1. The lowest BCUT2D eigenvalue weighted by Crippen LogP contribution is -1.88. The summed E-state index contributed by atoms with van der Waals surface area (Å²) in [6.07, 6.45) is 1.67. The molecule has 2 N–H and O–H groups in total. The van der Waals surface area contributed by atoms with Gasteiger partial charge in [0.1, 0.15) is 0 Å². The predicted octanol–water partition coefficient (Wildman–Crippen LogP) is 1.85. The number of aromatic nitrogens is 2. The second-order valence-electron chi connectivity index (χ2n) is 2.30. The second kappa shape index (κ2) is 2.93. The summed E-state index contributed by atoms with van der Waals surface area (Å²) in [4.78, 5) is 7.01. The summed E-state index contributed by atoms with van der Waals surface area (Å²) in [5.74, 6) is 0. The average Bonchev–Trinajstić information content (AvgIpc) is 2.44. The highest BCUT2D eigenvalue weighted by Crippen LogP contribution is 2.20. The summed E-state index contributed by atoms with van der Waals surface area (Å²) in [6.45, 7) is -0.0562. The Labute approximate surface area is 77.7 Å². The summed E-state index contributed by atoms with van der Waals surface area (Å²) in [5, 5.41) is 8.93. The first kappa shape index (κ1) is 7.85. The number of nitrogens with zero attached hydrogens (tertiary/aromatic N) is 1. The molecule has 0 aliphatic carbocycles. The van der Waals surface area contributed by atoms with Crippen molar-refractivity contribution in [3.8, 4) is 0 Å². The van der Waals surface area contributed by atoms with Crippen LogP contribution in [0.2, 0.25) is 0 Å². The van der Waals surface area contributed by atoms with E-state index in [1.807, 2.05) is 6.07 Å². The highest BCUT2D eigenvalue weighted by atomic mass is 32.1. The van der Waals surface area contributed by atoms with Crippen molar-refractivity contribution in [1.29, 1.82) is 0 Å². The first-order chi connectivity index (χ1) is 5.81. The molecule has 0 saturated heterocycles. The van der Waals surface area contributed by atoms with E-state index in [0.717, 1.165) is 10.2 Å². The number of H-pyrrole nitrogens is 1.